The molecule has 0 heterocycles. The Kier molecular flexibility index (Phi) is 11.9. The van der Waals surface area contributed by atoms with E-state index in [9.17, 15) is 19.2 Å². The third kappa shape index (κ3) is 12.5. The number of benzene rings is 1. The number of aromatic carboxylic acids is 2. The standard InChI is InChI=1S/C10H18O4.C8H6O4/c11-9(12)7-5-3-1-2-4-6-8-10(13)14;9-7(10)5-2-1-3-6(4-5)8(11)12/h1-8H2,(H,11,12)(H,13,14);1-4H,(H,9,10)(H,11,12). The van der Waals surface area contributed by atoms with Crippen LogP contribution in [0.25, 0.3) is 0 Å². The van der Waals surface area contributed by atoms with Gasteiger partial charge in [-0.3, -0.25) is 9.59 Å². The Morgan fingerprint density at radius 2 is 0.962 bits per heavy atom. The summed E-state index contributed by atoms with van der Waals surface area (Å²) in [6, 6.07) is 5.20. The Hall–Kier alpha value is -2.90. The van der Waals surface area contributed by atoms with Gasteiger partial charge in [-0.05, 0) is 31.0 Å². The van der Waals surface area contributed by atoms with Gasteiger partial charge in [-0.1, -0.05) is 31.7 Å². The number of carbonyl (C=O) groups is 4. The minimum atomic E-state index is -1.13. The molecule has 8 nitrogen and oxygen atoms in total. The number of unbranched alkanes of at least 4 members (excludes halogenated alkanes) is 5. The summed E-state index contributed by atoms with van der Waals surface area (Å²) in [4.78, 5) is 41.1. The molecule has 0 fully saturated rings. The van der Waals surface area contributed by atoms with Crippen molar-refractivity contribution in [2.24, 2.45) is 0 Å². The summed E-state index contributed by atoms with van der Waals surface area (Å²) in [6.45, 7) is 0. The average molecular weight is 368 g/mol. The zero-order valence-electron chi connectivity index (χ0n) is 14.4. The maximum Gasteiger partial charge on any atom is 0.335 e. The molecule has 4 N–H and O–H groups in total. The Morgan fingerprint density at radius 3 is 1.27 bits per heavy atom. The molecule has 1 rings (SSSR count). The number of carboxylic acid groups (broad SMARTS) is 4. The van der Waals surface area contributed by atoms with Crippen LogP contribution in [-0.4, -0.2) is 44.3 Å². The first kappa shape index (κ1) is 23.1. The highest BCUT2D eigenvalue weighted by atomic mass is 16.4. The molecule has 0 aliphatic heterocycles. The van der Waals surface area contributed by atoms with E-state index in [0.29, 0.717) is 0 Å². The molecule has 0 aromatic heterocycles. The molecule has 0 bridgehead atoms. The molecule has 1 aromatic carbocycles. The van der Waals surface area contributed by atoms with E-state index in [-0.39, 0.29) is 24.0 Å². The maximum atomic E-state index is 10.4. The van der Waals surface area contributed by atoms with Crippen molar-refractivity contribution in [2.45, 2.75) is 51.4 Å². The molecule has 0 saturated carbocycles. The van der Waals surface area contributed by atoms with Crippen LogP contribution in [0.15, 0.2) is 24.3 Å². The molecule has 8 heteroatoms. The van der Waals surface area contributed by atoms with Crippen molar-refractivity contribution in [3.05, 3.63) is 35.4 Å². The van der Waals surface area contributed by atoms with Gasteiger partial charge in [0.15, 0.2) is 0 Å². The van der Waals surface area contributed by atoms with Crippen LogP contribution in [0.4, 0.5) is 0 Å². The first-order valence-electron chi connectivity index (χ1n) is 8.24. The molecule has 0 amide bonds. The molecule has 0 unspecified atom stereocenters. The van der Waals surface area contributed by atoms with Crippen molar-refractivity contribution in [1.82, 2.24) is 0 Å². The fourth-order valence-electron chi connectivity index (χ4n) is 2.04. The van der Waals surface area contributed by atoms with Crippen molar-refractivity contribution in [1.29, 1.82) is 0 Å². The highest BCUT2D eigenvalue weighted by Gasteiger charge is 2.06. The second kappa shape index (κ2) is 13.4. The van der Waals surface area contributed by atoms with Gasteiger partial charge in [0, 0.05) is 12.8 Å². The van der Waals surface area contributed by atoms with E-state index < -0.39 is 23.9 Å². The maximum absolute atomic E-state index is 10.4. The summed E-state index contributed by atoms with van der Waals surface area (Å²) in [5.41, 5.74) is -0.0372. The largest absolute Gasteiger partial charge is 0.481 e. The van der Waals surface area contributed by atoms with E-state index in [1.54, 1.807) is 0 Å². The normalized spacial score (nSPS) is 9.69. The first-order chi connectivity index (χ1) is 12.2. The van der Waals surface area contributed by atoms with Gasteiger partial charge in [0.05, 0.1) is 11.1 Å². The van der Waals surface area contributed by atoms with Crippen LogP contribution >= 0.6 is 0 Å². The number of rotatable bonds is 11. The van der Waals surface area contributed by atoms with E-state index in [2.05, 4.69) is 0 Å². The van der Waals surface area contributed by atoms with Gasteiger partial charge in [0.1, 0.15) is 0 Å². The van der Waals surface area contributed by atoms with E-state index in [4.69, 9.17) is 20.4 Å². The fraction of sp³-hybridized carbons (Fsp3) is 0.444. The second-order valence-electron chi connectivity index (χ2n) is 5.60. The lowest BCUT2D eigenvalue weighted by molar-refractivity contribution is -0.138. The molecule has 0 aliphatic rings. The molecule has 144 valence electrons. The van der Waals surface area contributed by atoms with Crippen LogP contribution in [-0.2, 0) is 9.59 Å². The van der Waals surface area contributed by atoms with Gasteiger partial charge in [0.25, 0.3) is 0 Å². The van der Waals surface area contributed by atoms with Gasteiger partial charge in [-0.25, -0.2) is 9.59 Å². The van der Waals surface area contributed by atoms with E-state index in [1.165, 1.54) is 18.2 Å². The average Bonchev–Trinajstić information content (AvgIpc) is 2.57. The van der Waals surface area contributed by atoms with Gasteiger partial charge in [-0.2, -0.15) is 0 Å². The van der Waals surface area contributed by atoms with Gasteiger partial charge in [-0.15, -0.1) is 0 Å². The first-order valence-corrected chi connectivity index (χ1v) is 8.24. The molecule has 0 aliphatic carbocycles. The smallest absolute Gasteiger partial charge is 0.335 e. The van der Waals surface area contributed by atoms with Crippen molar-refractivity contribution in [3.63, 3.8) is 0 Å². The SMILES string of the molecule is O=C(O)CCCCCCCCC(=O)O.O=C(O)c1cccc(C(=O)O)c1. The molecular weight excluding hydrogens is 344 g/mol. The van der Waals surface area contributed by atoms with Gasteiger partial charge >= 0.3 is 23.9 Å². The quantitative estimate of drug-likeness (QED) is 0.434. The highest BCUT2D eigenvalue weighted by molar-refractivity contribution is 5.93. The Morgan fingerprint density at radius 1 is 0.615 bits per heavy atom. The zero-order chi connectivity index (χ0) is 19.9. The molecule has 0 radical (unpaired) electrons. The second-order valence-corrected chi connectivity index (χ2v) is 5.60. The summed E-state index contributed by atoms with van der Waals surface area (Å²) < 4.78 is 0. The van der Waals surface area contributed by atoms with Crippen LogP contribution in [0, 0.1) is 0 Å². The van der Waals surface area contributed by atoms with E-state index in [0.717, 1.165) is 44.6 Å². The summed E-state index contributed by atoms with van der Waals surface area (Å²) in [7, 11) is 0. The Balaban J connectivity index is 0.000000485. The van der Waals surface area contributed by atoms with Crippen molar-refractivity contribution in [3.8, 4) is 0 Å². The minimum absolute atomic E-state index is 0.0186. The summed E-state index contributed by atoms with van der Waals surface area (Å²) >= 11 is 0. The molecule has 1 aromatic rings. The third-order valence-electron chi connectivity index (χ3n) is 3.39. The topological polar surface area (TPSA) is 149 Å². The lowest BCUT2D eigenvalue weighted by atomic mass is 10.1. The lowest BCUT2D eigenvalue weighted by Crippen LogP contribution is -2.01. The lowest BCUT2D eigenvalue weighted by Gasteiger charge is -1.98. The summed E-state index contributed by atoms with van der Waals surface area (Å²) in [6.07, 6.45) is 5.82. The zero-order valence-corrected chi connectivity index (χ0v) is 14.4. The monoisotopic (exact) mass is 368 g/mol. The van der Waals surface area contributed by atoms with Crippen molar-refractivity contribution >= 4 is 23.9 Å². The van der Waals surface area contributed by atoms with Crippen molar-refractivity contribution < 1.29 is 39.6 Å². The Labute approximate surface area is 151 Å². The number of aliphatic carboxylic acids is 2. The van der Waals surface area contributed by atoms with Crippen molar-refractivity contribution in [2.75, 3.05) is 0 Å². The third-order valence-corrected chi connectivity index (χ3v) is 3.39. The van der Waals surface area contributed by atoms with Crippen LogP contribution in [0.2, 0.25) is 0 Å². The molecule has 0 saturated heterocycles. The molecular formula is C18H24O8. The van der Waals surface area contributed by atoms with Crippen LogP contribution in [0.5, 0.6) is 0 Å². The predicted octanol–water partition coefficient (Wildman–Crippen LogP) is 3.36. The highest BCUT2D eigenvalue weighted by Crippen LogP contribution is 2.08. The van der Waals surface area contributed by atoms with E-state index in [1.807, 2.05) is 0 Å². The van der Waals surface area contributed by atoms with Gasteiger partial charge < -0.3 is 20.4 Å². The molecule has 26 heavy (non-hydrogen) atoms. The van der Waals surface area contributed by atoms with E-state index >= 15 is 0 Å². The fourth-order valence-corrected chi connectivity index (χ4v) is 2.04. The van der Waals surface area contributed by atoms with Crippen LogP contribution in [0.3, 0.4) is 0 Å². The number of hydrogen-bond acceptors (Lipinski definition) is 4. The summed E-state index contributed by atoms with van der Waals surface area (Å²) in [5, 5.41) is 33.7. The minimum Gasteiger partial charge on any atom is -0.481 e. The predicted molar refractivity (Wildman–Crippen MR) is 92.6 cm³/mol. The van der Waals surface area contributed by atoms with Gasteiger partial charge in [0.2, 0.25) is 0 Å². The number of carboxylic acids is 4. The molecule has 0 spiro atoms. The number of hydrogen-bond donors (Lipinski definition) is 4. The molecule has 0 atom stereocenters. The van der Waals surface area contributed by atoms with Crippen LogP contribution < -0.4 is 0 Å². The van der Waals surface area contributed by atoms with Crippen LogP contribution in [0.1, 0.15) is 72.1 Å². The summed E-state index contributed by atoms with van der Waals surface area (Å²) in [5.74, 6) is -3.73. The Bertz CT molecular complexity index is 560.